The van der Waals surface area contributed by atoms with E-state index in [1.165, 1.54) is 38.6 Å². The number of para-hydroxylation sites is 1. The molecule has 0 aliphatic heterocycles. The van der Waals surface area contributed by atoms with E-state index in [4.69, 9.17) is 4.42 Å². The van der Waals surface area contributed by atoms with E-state index in [9.17, 15) is 0 Å². The smallest absolute Gasteiger partial charge is 0.138 e. The van der Waals surface area contributed by atoms with Gasteiger partial charge < -0.3 is 4.42 Å². The molecule has 28 heavy (non-hydrogen) atoms. The molecule has 0 fully saturated rings. The number of rotatable bonds is 1. The summed E-state index contributed by atoms with van der Waals surface area (Å²) in [6.45, 7) is 15.9. The van der Waals surface area contributed by atoms with Crippen LogP contribution in [0.25, 0.3) is 33.1 Å². The van der Waals surface area contributed by atoms with Crippen LogP contribution in [-0.4, -0.2) is 0 Å². The van der Waals surface area contributed by atoms with Crippen molar-refractivity contribution >= 4 is 21.9 Å². The van der Waals surface area contributed by atoms with Crippen molar-refractivity contribution in [2.75, 3.05) is 0 Å². The number of benzene rings is 3. The van der Waals surface area contributed by atoms with E-state index in [0.29, 0.717) is 0 Å². The van der Waals surface area contributed by atoms with Crippen LogP contribution in [0.4, 0.5) is 0 Å². The van der Waals surface area contributed by atoms with Crippen LogP contribution in [0.15, 0.2) is 59.0 Å². The van der Waals surface area contributed by atoms with Crippen molar-refractivity contribution in [3.8, 4) is 11.1 Å². The van der Waals surface area contributed by atoms with E-state index in [0.717, 1.165) is 11.2 Å². The van der Waals surface area contributed by atoms with Crippen LogP contribution in [-0.2, 0) is 10.8 Å². The fraction of sp³-hybridized carbons (Fsp3) is 0.333. The molecule has 0 unspecified atom stereocenters. The Morgan fingerprint density at radius 1 is 0.679 bits per heavy atom. The van der Waals surface area contributed by atoms with Crippen molar-refractivity contribution in [2.45, 2.75) is 59.3 Å². The van der Waals surface area contributed by atoms with Crippen LogP contribution in [0.3, 0.4) is 0 Å². The van der Waals surface area contributed by atoms with E-state index in [1.807, 2.05) is 12.1 Å². The minimum absolute atomic E-state index is 0.105. The SMILES string of the molecule is Cc1c(-c2cc(C(C)(C)C)cc(C(C)(C)C)c2)ccc2c1oc1ccccc12. The van der Waals surface area contributed by atoms with Gasteiger partial charge in [-0.3, -0.25) is 0 Å². The lowest BCUT2D eigenvalue weighted by Crippen LogP contribution is -2.16. The van der Waals surface area contributed by atoms with Crippen LogP contribution >= 0.6 is 0 Å². The lowest BCUT2D eigenvalue weighted by molar-refractivity contribution is 0.569. The maximum absolute atomic E-state index is 6.24. The molecule has 0 aliphatic rings. The van der Waals surface area contributed by atoms with Crippen LogP contribution in [0.2, 0.25) is 0 Å². The van der Waals surface area contributed by atoms with E-state index < -0.39 is 0 Å². The van der Waals surface area contributed by atoms with Gasteiger partial charge in [0.2, 0.25) is 0 Å². The normalized spacial score (nSPS) is 12.8. The van der Waals surface area contributed by atoms with E-state index in [1.54, 1.807) is 0 Å². The lowest BCUT2D eigenvalue weighted by atomic mass is 9.78. The summed E-state index contributed by atoms with van der Waals surface area (Å²) in [6, 6.07) is 19.8. The van der Waals surface area contributed by atoms with Gasteiger partial charge in [0.1, 0.15) is 11.2 Å². The number of fused-ring (bicyclic) bond motifs is 3. The van der Waals surface area contributed by atoms with E-state index >= 15 is 0 Å². The molecular formula is C27H30O. The second-order valence-corrected chi connectivity index (χ2v) is 10.0. The van der Waals surface area contributed by atoms with E-state index in [2.05, 4.69) is 90.9 Å². The molecule has 0 amide bonds. The Hall–Kier alpha value is -2.54. The van der Waals surface area contributed by atoms with Gasteiger partial charge in [0, 0.05) is 16.3 Å². The first-order chi connectivity index (χ1) is 13.1. The molecule has 0 N–H and O–H groups in total. The maximum Gasteiger partial charge on any atom is 0.138 e. The average molecular weight is 371 g/mol. The highest BCUT2D eigenvalue weighted by Crippen LogP contribution is 2.39. The first-order valence-electron chi connectivity index (χ1n) is 10.1. The minimum atomic E-state index is 0.105. The highest BCUT2D eigenvalue weighted by Gasteiger charge is 2.22. The molecule has 0 radical (unpaired) electrons. The van der Waals surface area contributed by atoms with Crippen molar-refractivity contribution < 1.29 is 4.42 Å². The highest BCUT2D eigenvalue weighted by atomic mass is 16.3. The molecule has 0 atom stereocenters. The summed E-state index contributed by atoms with van der Waals surface area (Å²) in [6.07, 6.45) is 0. The van der Waals surface area contributed by atoms with Gasteiger partial charge >= 0.3 is 0 Å². The quantitative estimate of drug-likeness (QED) is 0.329. The highest BCUT2D eigenvalue weighted by molar-refractivity contribution is 6.07. The van der Waals surface area contributed by atoms with Gasteiger partial charge in [0.25, 0.3) is 0 Å². The summed E-state index contributed by atoms with van der Waals surface area (Å²) in [5.74, 6) is 0. The van der Waals surface area contributed by atoms with Gasteiger partial charge in [-0.25, -0.2) is 0 Å². The van der Waals surface area contributed by atoms with Gasteiger partial charge in [-0.15, -0.1) is 0 Å². The monoisotopic (exact) mass is 370 g/mol. The molecular weight excluding hydrogens is 340 g/mol. The Balaban J connectivity index is 1.99. The topological polar surface area (TPSA) is 13.1 Å². The third-order valence-electron chi connectivity index (χ3n) is 5.77. The lowest BCUT2D eigenvalue weighted by Gasteiger charge is -2.26. The molecule has 0 saturated heterocycles. The molecule has 1 heterocycles. The summed E-state index contributed by atoms with van der Waals surface area (Å²) >= 11 is 0. The molecule has 1 nitrogen and oxygen atoms in total. The second-order valence-electron chi connectivity index (χ2n) is 10.0. The van der Waals surface area contributed by atoms with Crippen LogP contribution < -0.4 is 0 Å². The molecule has 0 saturated carbocycles. The molecule has 0 aliphatic carbocycles. The Morgan fingerprint density at radius 3 is 1.89 bits per heavy atom. The van der Waals surface area contributed by atoms with Crippen molar-refractivity contribution in [3.63, 3.8) is 0 Å². The predicted molar refractivity (Wildman–Crippen MR) is 121 cm³/mol. The fourth-order valence-corrected chi connectivity index (χ4v) is 3.89. The van der Waals surface area contributed by atoms with Gasteiger partial charge in [0.15, 0.2) is 0 Å². The largest absolute Gasteiger partial charge is 0.456 e. The number of aryl methyl sites for hydroxylation is 1. The molecule has 4 aromatic rings. The predicted octanol–water partition coefficient (Wildman–Crippen LogP) is 8.16. The van der Waals surface area contributed by atoms with Crippen molar-refractivity contribution in [1.82, 2.24) is 0 Å². The Bertz CT molecular complexity index is 1140. The summed E-state index contributed by atoms with van der Waals surface area (Å²) in [5.41, 5.74) is 8.65. The fourth-order valence-electron chi connectivity index (χ4n) is 3.89. The zero-order valence-electron chi connectivity index (χ0n) is 18.1. The summed E-state index contributed by atoms with van der Waals surface area (Å²) in [4.78, 5) is 0. The number of hydrogen-bond acceptors (Lipinski definition) is 1. The molecule has 3 aromatic carbocycles. The van der Waals surface area contributed by atoms with Crippen LogP contribution in [0.5, 0.6) is 0 Å². The van der Waals surface area contributed by atoms with Crippen molar-refractivity contribution in [1.29, 1.82) is 0 Å². The maximum atomic E-state index is 6.24. The second kappa shape index (κ2) is 6.24. The molecule has 4 rings (SSSR count). The summed E-state index contributed by atoms with van der Waals surface area (Å²) in [7, 11) is 0. The number of hydrogen-bond donors (Lipinski definition) is 0. The first kappa shape index (κ1) is 18.8. The molecule has 1 aromatic heterocycles. The zero-order valence-corrected chi connectivity index (χ0v) is 18.1. The van der Waals surface area contributed by atoms with Gasteiger partial charge in [-0.1, -0.05) is 84.0 Å². The van der Waals surface area contributed by atoms with Crippen LogP contribution in [0, 0.1) is 6.92 Å². The summed E-state index contributed by atoms with van der Waals surface area (Å²) < 4.78 is 6.24. The van der Waals surface area contributed by atoms with E-state index in [-0.39, 0.29) is 10.8 Å². The molecule has 0 bridgehead atoms. The van der Waals surface area contributed by atoms with Crippen molar-refractivity contribution in [3.05, 3.63) is 71.3 Å². The minimum Gasteiger partial charge on any atom is -0.456 e. The number of furan rings is 1. The molecule has 1 heteroatoms. The Labute approximate surface area is 168 Å². The van der Waals surface area contributed by atoms with Gasteiger partial charge in [-0.2, -0.15) is 0 Å². The molecule has 0 spiro atoms. The zero-order chi connectivity index (χ0) is 20.3. The van der Waals surface area contributed by atoms with Crippen LogP contribution in [0.1, 0.15) is 58.2 Å². The van der Waals surface area contributed by atoms with Crippen molar-refractivity contribution in [2.24, 2.45) is 0 Å². The van der Waals surface area contributed by atoms with Gasteiger partial charge in [-0.05, 0) is 52.1 Å². The standard InChI is InChI=1S/C27H30O/c1-17-21(12-13-23-22-10-8-9-11-24(22)28-25(17)23)18-14-19(26(2,3)4)16-20(15-18)27(5,6)7/h8-16H,1-7H3. The molecule has 144 valence electrons. The third-order valence-corrected chi connectivity index (χ3v) is 5.77. The third kappa shape index (κ3) is 3.13. The first-order valence-corrected chi connectivity index (χ1v) is 10.1. The average Bonchev–Trinajstić information content (AvgIpc) is 3.00. The Morgan fingerprint density at radius 2 is 1.29 bits per heavy atom. The Kier molecular flexibility index (Phi) is 4.19. The van der Waals surface area contributed by atoms with Gasteiger partial charge in [0.05, 0.1) is 0 Å². The summed E-state index contributed by atoms with van der Waals surface area (Å²) in [5, 5.41) is 2.38.